The van der Waals surface area contributed by atoms with Gasteiger partial charge in [0.15, 0.2) is 9.84 Å². The molecule has 2 unspecified atom stereocenters. The molecule has 21 heavy (non-hydrogen) atoms. The molecule has 2 aliphatic heterocycles. The average molecular weight is 305 g/mol. The number of rotatable bonds is 1. The van der Waals surface area contributed by atoms with Gasteiger partial charge in [0, 0.05) is 5.56 Å². The Balaban J connectivity index is 2.06. The van der Waals surface area contributed by atoms with Crippen LogP contribution in [0.2, 0.25) is 0 Å². The Kier molecular flexibility index (Phi) is 3.34. The summed E-state index contributed by atoms with van der Waals surface area (Å²) in [4.78, 5) is 0. The van der Waals surface area contributed by atoms with Crippen molar-refractivity contribution < 1.29 is 13.5 Å². The van der Waals surface area contributed by atoms with Crippen LogP contribution >= 0.6 is 0 Å². The van der Waals surface area contributed by atoms with Gasteiger partial charge in [-0.05, 0) is 44.2 Å². The van der Waals surface area contributed by atoms with Crippen LogP contribution in [0.4, 0.5) is 0 Å². The first-order chi connectivity index (χ1) is 9.87. The molecule has 2 heterocycles. The van der Waals surface area contributed by atoms with E-state index in [4.69, 9.17) is 0 Å². The molecule has 2 fully saturated rings. The molecule has 1 aromatic rings. The SMILES string of the molecule is Cc1ccc(C2(O)CC3CCCC(C2)S3(=O)=O)c(C#N)c1. The zero-order valence-corrected chi connectivity index (χ0v) is 12.9. The summed E-state index contributed by atoms with van der Waals surface area (Å²) in [7, 11) is -3.12. The normalized spacial score (nSPS) is 34.1. The van der Waals surface area contributed by atoms with Crippen molar-refractivity contribution in [1.29, 1.82) is 5.26 Å². The minimum atomic E-state index is -3.12. The van der Waals surface area contributed by atoms with Crippen LogP contribution in [-0.2, 0) is 15.4 Å². The van der Waals surface area contributed by atoms with Gasteiger partial charge in [-0.1, -0.05) is 18.6 Å². The summed E-state index contributed by atoms with van der Waals surface area (Å²) in [6.07, 6.45) is 2.57. The highest BCUT2D eigenvalue weighted by atomic mass is 32.2. The van der Waals surface area contributed by atoms with E-state index in [0.717, 1.165) is 12.0 Å². The summed E-state index contributed by atoms with van der Waals surface area (Å²) in [6.45, 7) is 1.90. The van der Waals surface area contributed by atoms with Crippen molar-refractivity contribution in [2.75, 3.05) is 0 Å². The third kappa shape index (κ3) is 2.27. The first-order valence-electron chi connectivity index (χ1n) is 7.33. The molecule has 1 aromatic carbocycles. The van der Waals surface area contributed by atoms with Crippen molar-refractivity contribution in [3.8, 4) is 6.07 Å². The molecule has 2 bridgehead atoms. The van der Waals surface area contributed by atoms with Gasteiger partial charge in [-0.15, -0.1) is 0 Å². The molecule has 0 aliphatic carbocycles. The highest BCUT2D eigenvalue weighted by molar-refractivity contribution is 7.92. The average Bonchev–Trinajstić information content (AvgIpc) is 2.40. The molecule has 2 saturated heterocycles. The molecular formula is C16H19NO3S. The van der Waals surface area contributed by atoms with Crippen molar-refractivity contribution in [1.82, 2.24) is 0 Å². The lowest BCUT2D eigenvalue weighted by molar-refractivity contribution is 0.00476. The lowest BCUT2D eigenvalue weighted by Crippen LogP contribution is -2.50. The first kappa shape index (κ1) is 14.6. The summed E-state index contributed by atoms with van der Waals surface area (Å²) in [5.41, 5.74) is 0.805. The number of hydrogen-bond acceptors (Lipinski definition) is 4. The predicted molar refractivity (Wildman–Crippen MR) is 79.4 cm³/mol. The van der Waals surface area contributed by atoms with Gasteiger partial charge in [0.2, 0.25) is 0 Å². The highest BCUT2D eigenvalue weighted by Gasteiger charge is 2.51. The van der Waals surface area contributed by atoms with Crippen LogP contribution in [0.1, 0.15) is 48.8 Å². The molecule has 4 nitrogen and oxygen atoms in total. The summed E-state index contributed by atoms with van der Waals surface area (Å²) in [5.74, 6) is 0. The number of aliphatic hydroxyl groups is 1. The van der Waals surface area contributed by atoms with Crippen LogP contribution in [0.15, 0.2) is 18.2 Å². The summed E-state index contributed by atoms with van der Waals surface area (Å²) in [6, 6.07) is 7.54. The van der Waals surface area contributed by atoms with Gasteiger partial charge in [-0.2, -0.15) is 5.26 Å². The van der Waals surface area contributed by atoms with Crippen molar-refractivity contribution in [2.24, 2.45) is 0 Å². The minimum Gasteiger partial charge on any atom is -0.385 e. The zero-order valence-electron chi connectivity index (χ0n) is 12.0. The van der Waals surface area contributed by atoms with E-state index in [1.165, 1.54) is 0 Å². The standard InChI is InChI=1S/C16H19NO3S/c1-11-5-6-15(12(7-11)10-17)16(18)8-13-3-2-4-14(9-16)21(13,19)20/h5-7,13-14,18H,2-4,8-9H2,1H3. The van der Waals surface area contributed by atoms with Crippen LogP contribution in [0.25, 0.3) is 0 Å². The number of benzene rings is 1. The second-order valence-electron chi connectivity index (χ2n) is 6.36. The van der Waals surface area contributed by atoms with Crippen LogP contribution in [0.5, 0.6) is 0 Å². The Bertz CT molecular complexity index is 698. The quantitative estimate of drug-likeness (QED) is 0.862. The maximum Gasteiger partial charge on any atom is 0.156 e. The lowest BCUT2D eigenvalue weighted by Gasteiger charge is -2.44. The van der Waals surface area contributed by atoms with E-state index in [2.05, 4.69) is 6.07 Å². The molecule has 2 aliphatic rings. The molecule has 0 amide bonds. The van der Waals surface area contributed by atoms with Crippen molar-refractivity contribution in [2.45, 2.75) is 55.1 Å². The fourth-order valence-electron chi connectivity index (χ4n) is 3.82. The van der Waals surface area contributed by atoms with Gasteiger partial charge in [0.1, 0.15) is 0 Å². The van der Waals surface area contributed by atoms with Crippen molar-refractivity contribution >= 4 is 9.84 Å². The molecule has 112 valence electrons. The smallest absolute Gasteiger partial charge is 0.156 e. The highest BCUT2D eigenvalue weighted by Crippen LogP contribution is 2.46. The maximum absolute atomic E-state index is 12.3. The second kappa shape index (κ2) is 4.82. The zero-order chi connectivity index (χ0) is 15.3. The Hall–Kier alpha value is -1.38. The number of nitrogens with zero attached hydrogens (tertiary/aromatic N) is 1. The number of nitriles is 1. The van der Waals surface area contributed by atoms with Gasteiger partial charge in [-0.25, -0.2) is 8.42 Å². The summed E-state index contributed by atoms with van der Waals surface area (Å²) >= 11 is 0. The molecule has 0 aromatic heterocycles. The fraction of sp³-hybridized carbons (Fsp3) is 0.562. The molecule has 0 spiro atoms. The molecule has 2 atom stereocenters. The third-order valence-electron chi connectivity index (χ3n) is 4.91. The van der Waals surface area contributed by atoms with Crippen molar-refractivity contribution in [3.05, 3.63) is 34.9 Å². The number of fused-ring (bicyclic) bond motifs is 2. The van der Waals surface area contributed by atoms with E-state index >= 15 is 0 Å². The maximum atomic E-state index is 12.3. The number of sulfone groups is 1. The van der Waals surface area contributed by atoms with Gasteiger partial charge in [0.05, 0.1) is 27.7 Å². The third-order valence-corrected chi connectivity index (χ3v) is 7.57. The van der Waals surface area contributed by atoms with Crippen LogP contribution < -0.4 is 0 Å². The molecule has 0 radical (unpaired) electrons. The van der Waals surface area contributed by atoms with E-state index in [0.29, 0.717) is 24.0 Å². The van der Waals surface area contributed by atoms with Crippen molar-refractivity contribution in [3.63, 3.8) is 0 Å². The largest absolute Gasteiger partial charge is 0.385 e. The number of aryl methyl sites for hydroxylation is 1. The Morgan fingerprint density at radius 1 is 1.29 bits per heavy atom. The first-order valence-corrected chi connectivity index (χ1v) is 8.94. The molecule has 3 rings (SSSR count). The summed E-state index contributed by atoms with van der Waals surface area (Å²) in [5, 5.41) is 19.4. The topological polar surface area (TPSA) is 78.2 Å². The van der Waals surface area contributed by atoms with Gasteiger partial charge in [-0.3, -0.25) is 0 Å². The van der Waals surface area contributed by atoms with E-state index in [-0.39, 0.29) is 12.8 Å². The van der Waals surface area contributed by atoms with E-state index in [9.17, 15) is 18.8 Å². The van der Waals surface area contributed by atoms with E-state index < -0.39 is 25.9 Å². The fourth-order valence-corrected chi connectivity index (χ4v) is 6.37. The van der Waals surface area contributed by atoms with Gasteiger partial charge in [0.25, 0.3) is 0 Å². The minimum absolute atomic E-state index is 0.212. The number of hydrogen-bond donors (Lipinski definition) is 1. The molecule has 1 N–H and O–H groups in total. The summed E-state index contributed by atoms with van der Waals surface area (Å²) < 4.78 is 24.7. The van der Waals surface area contributed by atoms with Crippen LogP contribution in [0.3, 0.4) is 0 Å². The molecule has 0 saturated carbocycles. The van der Waals surface area contributed by atoms with Gasteiger partial charge < -0.3 is 5.11 Å². The predicted octanol–water partition coefficient (Wildman–Crippen LogP) is 2.18. The second-order valence-corrected chi connectivity index (χ2v) is 8.88. The monoisotopic (exact) mass is 305 g/mol. The Morgan fingerprint density at radius 2 is 1.90 bits per heavy atom. The Labute approximate surface area is 125 Å². The van der Waals surface area contributed by atoms with Gasteiger partial charge >= 0.3 is 0 Å². The van der Waals surface area contributed by atoms with E-state index in [1.54, 1.807) is 12.1 Å². The molecular weight excluding hydrogens is 286 g/mol. The van der Waals surface area contributed by atoms with Crippen LogP contribution in [-0.4, -0.2) is 24.0 Å². The Morgan fingerprint density at radius 3 is 2.48 bits per heavy atom. The molecule has 5 heteroatoms. The van der Waals surface area contributed by atoms with E-state index in [1.807, 2.05) is 13.0 Å². The lowest BCUT2D eigenvalue weighted by atomic mass is 9.78. The van der Waals surface area contributed by atoms with Crippen LogP contribution in [0, 0.1) is 18.3 Å².